The van der Waals surface area contributed by atoms with Crippen LogP contribution in [0.5, 0.6) is 0 Å². The highest BCUT2D eigenvalue weighted by atomic mass is 79.9. The lowest BCUT2D eigenvalue weighted by Gasteiger charge is -1.99. The number of fused-ring (bicyclic) bond motifs is 1. The van der Waals surface area contributed by atoms with Crippen LogP contribution in [-0.2, 0) is 6.54 Å². The van der Waals surface area contributed by atoms with Crippen LogP contribution < -0.4 is 0 Å². The first-order valence-electron chi connectivity index (χ1n) is 4.04. The summed E-state index contributed by atoms with van der Waals surface area (Å²) < 4.78 is 15.8. The molecule has 0 amide bonds. The minimum absolute atomic E-state index is 0.273. The van der Waals surface area contributed by atoms with Crippen LogP contribution in [0.2, 0.25) is 0 Å². The van der Waals surface area contributed by atoms with Crippen molar-refractivity contribution in [1.82, 2.24) is 9.55 Å². The zero-order valence-corrected chi connectivity index (χ0v) is 8.68. The third-order valence-corrected chi connectivity index (χ3v) is 2.60. The van der Waals surface area contributed by atoms with Gasteiger partial charge in [-0.05, 0) is 35.0 Å². The second-order valence-corrected chi connectivity index (χ2v) is 3.44. The molecule has 1 aromatic carbocycles. The molecule has 0 aliphatic carbocycles. The van der Waals surface area contributed by atoms with Crippen LogP contribution in [-0.4, -0.2) is 9.55 Å². The van der Waals surface area contributed by atoms with E-state index in [2.05, 4.69) is 20.9 Å². The Balaban J connectivity index is 2.86. The predicted octanol–water partition coefficient (Wildman–Crippen LogP) is 2.96. The number of aryl methyl sites for hydroxylation is 1. The third-order valence-electron chi connectivity index (χ3n) is 2.00. The summed E-state index contributed by atoms with van der Waals surface area (Å²) in [6, 6.07) is 4.97. The molecule has 0 unspecified atom stereocenters. The zero-order chi connectivity index (χ0) is 9.42. The van der Waals surface area contributed by atoms with Crippen molar-refractivity contribution in [2.24, 2.45) is 0 Å². The van der Waals surface area contributed by atoms with Crippen molar-refractivity contribution in [3.8, 4) is 0 Å². The SMILES string of the molecule is CCn1c(Br)nc2c(F)cccc21. The Morgan fingerprint density at radius 2 is 2.31 bits per heavy atom. The van der Waals surface area contributed by atoms with Gasteiger partial charge in [-0.1, -0.05) is 6.07 Å². The third kappa shape index (κ3) is 1.25. The number of hydrogen-bond donors (Lipinski definition) is 0. The first kappa shape index (κ1) is 8.69. The highest BCUT2D eigenvalue weighted by molar-refractivity contribution is 9.10. The fourth-order valence-electron chi connectivity index (χ4n) is 1.39. The van der Waals surface area contributed by atoms with E-state index in [4.69, 9.17) is 0 Å². The summed E-state index contributed by atoms with van der Waals surface area (Å²) in [5.41, 5.74) is 1.26. The quantitative estimate of drug-likeness (QED) is 0.752. The van der Waals surface area contributed by atoms with E-state index in [0.717, 1.165) is 12.1 Å². The molecule has 2 rings (SSSR count). The summed E-state index contributed by atoms with van der Waals surface area (Å²) in [5.74, 6) is -0.273. The van der Waals surface area contributed by atoms with E-state index in [1.165, 1.54) is 6.07 Å². The summed E-state index contributed by atoms with van der Waals surface area (Å²) in [7, 11) is 0. The number of imidazole rings is 1. The van der Waals surface area contributed by atoms with Crippen molar-refractivity contribution >= 4 is 27.0 Å². The van der Waals surface area contributed by atoms with E-state index in [1.807, 2.05) is 17.6 Å². The first-order chi connectivity index (χ1) is 6.24. The van der Waals surface area contributed by atoms with Crippen LogP contribution in [0.4, 0.5) is 4.39 Å². The number of aromatic nitrogens is 2. The Hall–Kier alpha value is -0.900. The average molecular weight is 243 g/mol. The Bertz CT molecular complexity index is 450. The van der Waals surface area contributed by atoms with Crippen molar-refractivity contribution in [1.29, 1.82) is 0 Å². The molecule has 1 aromatic heterocycles. The highest BCUT2D eigenvalue weighted by Gasteiger charge is 2.09. The van der Waals surface area contributed by atoms with E-state index in [1.54, 1.807) is 6.07 Å². The van der Waals surface area contributed by atoms with E-state index in [0.29, 0.717) is 10.3 Å². The van der Waals surface area contributed by atoms with Gasteiger partial charge in [-0.25, -0.2) is 9.37 Å². The van der Waals surface area contributed by atoms with Gasteiger partial charge in [-0.15, -0.1) is 0 Å². The molecule has 0 saturated carbocycles. The smallest absolute Gasteiger partial charge is 0.178 e. The van der Waals surface area contributed by atoms with Gasteiger partial charge in [-0.3, -0.25) is 0 Å². The summed E-state index contributed by atoms with van der Waals surface area (Å²) >= 11 is 3.29. The molecule has 2 nitrogen and oxygen atoms in total. The van der Waals surface area contributed by atoms with Crippen LogP contribution in [0.3, 0.4) is 0 Å². The van der Waals surface area contributed by atoms with E-state index in [9.17, 15) is 4.39 Å². The molecule has 0 saturated heterocycles. The van der Waals surface area contributed by atoms with Gasteiger partial charge in [-0.2, -0.15) is 0 Å². The Kier molecular flexibility index (Phi) is 2.07. The summed E-state index contributed by atoms with van der Waals surface area (Å²) in [6.07, 6.45) is 0. The van der Waals surface area contributed by atoms with Gasteiger partial charge in [0.25, 0.3) is 0 Å². The zero-order valence-electron chi connectivity index (χ0n) is 7.09. The topological polar surface area (TPSA) is 17.8 Å². The van der Waals surface area contributed by atoms with Gasteiger partial charge >= 0.3 is 0 Å². The van der Waals surface area contributed by atoms with Gasteiger partial charge in [0.2, 0.25) is 0 Å². The molecule has 13 heavy (non-hydrogen) atoms. The fraction of sp³-hybridized carbons (Fsp3) is 0.222. The molecular formula is C9H8BrFN2. The van der Waals surface area contributed by atoms with Crippen molar-refractivity contribution in [3.05, 3.63) is 28.7 Å². The summed E-state index contributed by atoms with van der Waals surface area (Å²) in [5, 5.41) is 0. The van der Waals surface area contributed by atoms with Crippen molar-refractivity contribution < 1.29 is 4.39 Å². The maximum absolute atomic E-state index is 13.2. The number of rotatable bonds is 1. The first-order valence-corrected chi connectivity index (χ1v) is 4.83. The van der Waals surface area contributed by atoms with Crippen molar-refractivity contribution in [3.63, 3.8) is 0 Å². The Morgan fingerprint density at radius 1 is 1.54 bits per heavy atom. The van der Waals surface area contributed by atoms with Crippen molar-refractivity contribution in [2.75, 3.05) is 0 Å². The minimum Gasteiger partial charge on any atom is -0.319 e. The molecule has 4 heteroatoms. The fourth-order valence-corrected chi connectivity index (χ4v) is 2.00. The Labute approximate surface area is 83.5 Å². The molecule has 2 aromatic rings. The molecule has 0 atom stereocenters. The average Bonchev–Trinajstić information content (AvgIpc) is 2.43. The maximum Gasteiger partial charge on any atom is 0.178 e. The second kappa shape index (κ2) is 3.10. The van der Waals surface area contributed by atoms with Crippen molar-refractivity contribution in [2.45, 2.75) is 13.5 Å². The molecule has 0 fully saturated rings. The van der Waals surface area contributed by atoms with Gasteiger partial charge in [0.1, 0.15) is 5.52 Å². The maximum atomic E-state index is 13.2. The number of nitrogens with zero attached hydrogens (tertiary/aromatic N) is 2. The predicted molar refractivity (Wildman–Crippen MR) is 53.1 cm³/mol. The number of benzene rings is 1. The Morgan fingerprint density at radius 3 is 3.00 bits per heavy atom. The highest BCUT2D eigenvalue weighted by Crippen LogP contribution is 2.21. The number of halogens is 2. The molecule has 0 spiro atoms. The standard InChI is InChI=1S/C9H8BrFN2/c1-2-13-7-5-3-4-6(11)8(7)12-9(13)10/h3-5H,2H2,1H3. The molecular weight excluding hydrogens is 235 g/mol. The largest absolute Gasteiger partial charge is 0.319 e. The molecule has 0 radical (unpaired) electrons. The van der Waals surface area contributed by atoms with Gasteiger partial charge in [0.15, 0.2) is 10.6 Å². The lowest BCUT2D eigenvalue weighted by Crippen LogP contribution is -1.93. The number of hydrogen-bond acceptors (Lipinski definition) is 1. The van der Waals surface area contributed by atoms with E-state index >= 15 is 0 Å². The normalized spacial score (nSPS) is 11.0. The lowest BCUT2D eigenvalue weighted by atomic mass is 10.3. The van der Waals surface area contributed by atoms with Crippen LogP contribution in [0.15, 0.2) is 22.9 Å². The van der Waals surface area contributed by atoms with Crippen LogP contribution in [0.25, 0.3) is 11.0 Å². The molecule has 0 aliphatic heterocycles. The minimum atomic E-state index is -0.273. The van der Waals surface area contributed by atoms with Crippen LogP contribution >= 0.6 is 15.9 Å². The second-order valence-electron chi connectivity index (χ2n) is 2.73. The van der Waals surface area contributed by atoms with Gasteiger partial charge in [0, 0.05) is 6.54 Å². The monoisotopic (exact) mass is 242 g/mol. The molecule has 0 bridgehead atoms. The number of para-hydroxylation sites is 1. The van der Waals surface area contributed by atoms with Crippen LogP contribution in [0.1, 0.15) is 6.92 Å². The van der Waals surface area contributed by atoms with Crippen LogP contribution in [0, 0.1) is 5.82 Å². The molecule has 68 valence electrons. The molecule has 0 aliphatic rings. The van der Waals surface area contributed by atoms with Gasteiger partial charge < -0.3 is 4.57 Å². The van der Waals surface area contributed by atoms with E-state index in [-0.39, 0.29) is 5.82 Å². The summed E-state index contributed by atoms with van der Waals surface area (Å²) in [6.45, 7) is 2.78. The van der Waals surface area contributed by atoms with Gasteiger partial charge in [0.05, 0.1) is 5.52 Å². The van der Waals surface area contributed by atoms with E-state index < -0.39 is 0 Å². The lowest BCUT2D eigenvalue weighted by molar-refractivity contribution is 0.637. The molecule has 1 heterocycles. The molecule has 0 N–H and O–H groups in total. The summed E-state index contributed by atoms with van der Waals surface area (Å²) in [4.78, 5) is 4.09.